The average molecular weight is 432 g/mol. The number of fused-ring (bicyclic) bond motifs is 5. The van der Waals surface area contributed by atoms with Crippen LogP contribution < -0.4 is 5.32 Å². The third-order valence-corrected chi connectivity index (χ3v) is 6.96. The summed E-state index contributed by atoms with van der Waals surface area (Å²) < 4.78 is 36.6. The van der Waals surface area contributed by atoms with Gasteiger partial charge in [-0.3, -0.25) is 14.1 Å². The maximum Gasteiger partial charge on any atom is 0.266 e. The monoisotopic (exact) mass is 431 g/mol. The Morgan fingerprint density at radius 1 is 1.17 bits per heavy atom. The van der Waals surface area contributed by atoms with Crippen molar-refractivity contribution in [3.05, 3.63) is 45.7 Å². The van der Waals surface area contributed by atoms with Gasteiger partial charge in [0.15, 0.2) is 0 Å². The molecule has 4 rings (SSSR count). The first-order valence-electron chi connectivity index (χ1n) is 10.0. The molecule has 1 heterocycles. The molecule has 0 radical (unpaired) electrons. The van der Waals surface area contributed by atoms with E-state index in [1.54, 1.807) is 6.92 Å². The molecule has 0 aliphatic heterocycles. The molecule has 0 fully saturated rings. The Balaban J connectivity index is 1.75. The Morgan fingerprint density at radius 3 is 2.57 bits per heavy atom. The third-order valence-electron chi connectivity index (χ3n) is 6.24. The summed E-state index contributed by atoms with van der Waals surface area (Å²) in [6.07, 6.45) is 2.76. The number of hydrogen-bond donors (Lipinski definition) is 2. The minimum absolute atomic E-state index is 0.0374. The predicted octanol–water partition coefficient (Wildman–Crippen LogP) is 3.23. The summed E-state index contributed by atoms with van der Waals surface area (Å²) in [5.41, 5.74) is 4.01. The number of benzene rings is 1. The van der Waals surface area contributed by atoms with Crippen LogP contribution in [0.3, 0.4) is 0 Å². The van der Waals surface area contributed by atoms with Crippen LogP contribution in [0.2, 0.25) is 0 Å². The van der Waals surface area contributed by atoms with Crippen molar-refractivity contribution in [1.82, 2.24) is 5.32 Å². The highest BCUT2D eigenvalue weighted by molar-refractivity contribution is 7.85. The van der Waals surface area contributed by atoms with Crippen molar-refractivity contribution in [3.63, 3.8) is 0 Å². The largest absolute Gasteiger partial charge is 0.459 e. The number of rotatable bonds is 5. The van der Waals surface area contributed by atoms with Crippen molar-refractivity contribution < 1.29 is 27.0 Å². The zero-order valence-electron chi connectivity index (χ0n) is 17.3. The summed E-state index contributed by atoms with van der Waals surface area (Å²) in [5, 5.41) is 2.89. The van der Waals surface area contributed by atoms with Crippen LogP contribution in [0.1, 0.15) is 69.9 Å². The molecule has 0 bridgehead atoms. The Kier molecular flexibility index (Phi) is 4.99. The van der Waals surface area contributed by atoms with Gasteiger partial charge in [0.05, 0.1) is 17.9 Å². The Bertz CT molecular complexity index is 1170. The number of nitrogens with one attached hydrogen (secondary N) is 1. The molecule has 2 N–H and O–H groups in total. The van der Waals surface area contributed by atoms with Gasteiger partial charge in [-0.15, -0.1) is 0 Å². The summed E-state index contributed by atoms with van der Waals surface area (Å²) in [7, 11) is -4.06. The topological polar surface area (TPSA) is 114 Å². The first-order valence-corrected chi connectivity index (χ1v) is 11.7. The van der Waals surface area contributed by atoms with Crippen molar-refractivity contribution in [2.24, 2.45) is 0 Å². The van der Waals surface area contributed by atoms with E-state index >= 15 is 0 Å². The molecule has 7 nitrogen and oxygen atoms in total. The molecule has 2 aromatic rings. The van der Waals surface area contributed by atoms with Gasteiger partial charge in [-0.1, -0.05) is 26.0 Å². The molecular formula is C22H25NO6S. The van der Waals surface area contributed by atoms with Crippen LogP contribution in [-0.2, 0) is 28.5 Å². The van der Waals surface area contributed by atoms with E-state index in [-0.39, 0.29) is 24.1 Å². The molecule has 0 spiro atoms. The average Bonchev–Trinajstić information content (AvgIpc) is 2.98. The maximum absolute atomic E-state index is 13.1. The second-order valence-electron chi connectivity index (χ2n) is 8.73. The summed E-state index contributed by atoms with van der Waals surface area (Å²) >= 11 is 0. The quantitative estimate of drug-likeness (QED) is 0.424. The summed E-state index contributed by atoms with van der Waals surface area (Å²) in [5.74, 6) is -0.581. The fourth-order valence-electron chi connectivity index (χ4n) is 4.65. The summed E-state index contributed by atoms with van der Waals surface area (Å²) in [6, 6.07) is 3.92. The van der Waals surface area contributed by atoms with Gasteiger partial charge in [-0.25, -0.2) is 0 Å². The van der Waals surface area contributed by atoms with E-state index in [0.717, 1.165) is 30.4 Å². The Morgan fingerprint density at radius 2 is 1.87 bits per heavy atom. The number of hydrogen-bond acceptors (Lipinski definition) is 6. The molecule has 0 atom stereocenters. The molecule has 1 aromatic carbocycles. The predicted molar refractivity (Wildman–Crippen MR) is 112 cm³/mol. The first kappa shape index (κ1) is 21.0. The maximum atomic E-state index is 13.1. The smallest absolute Gasteiger partial charge is 0.266 e. The normalized spacial score (nSPS) is 17.5. The van der Waals surface area contributed by atoms with Crippen molar-refractivity contribution in [3.8, 4) is 11.3 Å². The Hall–Kier alpha value is -2.29. The van der Waals surface area contributed by atoms with Crippen LogP contribution in [0.4, 0.5) is 0 Å². The molecule has 1 aromatic heterocycles. The highest BCUT2D eigenvalue weighted by Crippen LogP contribution is 2.45. The summed E-state index contributed by atoms with van der Waals surface area (Å²) in [4.78, 5) is 26.1. The van der Waals surface area contributed by atoms with E-state index in [4.69, 9.17) is 8.97 Å². The van der Waals surface area contributed by atoms with E-state index in [1.807, 2.05) is 12.1 Å². The van der Waals surface area contributed by atoms with Gasteiger partial charge in [0.2, 0.25) is 11.6 Å². The van der Waals surface area contributed by atoms with Gasteiger partial charge in [0.1, 0.15) is 11.5 Å². The molecule has 2 aliphatic rings. The molecule has 0 amide bonds. The Labute approximate surface area is 175 Å². The van der Waals surface area contributed by atoms with Gasteiger partial charge in [-0.2, -0.15) is 8.42 Å². The fourth-order valence-corrected chi connectivity index (χ4v) is 5.06. The lowest BCUT2D eigenvalue weighted by atomic mass is 9.69. The molecule has 0 unspecified atom stereocenters. The number of ketones is 2. The molecule has 8 heteroatoms. The van der Waals surface area contributed by atoms with Crippen molar-refractivity contribution in [2.45, 2.75) is 52.0 Å². The zero-order valence-corrected chi connectivity index (χ0v) is 18.1. The van der Waals surface area contributed by atoms with E-state index in [0.29, 0.717) is 28.2 Å². The lowest BCUT2D eigenvalue weighted by Crippen LogP contribution is -2.29. The highest BCUT2D eigenvalue weighted by Gasteiger charge is 2.40. The first-order chi connectivity index (χ1) is 14.0. The number of Topliss-reactive ketones (excluding diaryl/α,β-unsaturated/α-hetero) is 2. The van der Waals surface area contributed by atoms with Crippen LogP contribution in [0.15, 0.2) is 16.5 Å². The van der Waals surface area contributed by atoms with E-state index in [1.165, 1.54) is 0 Å². The van der Waals surface area contributed by atoms with Gasteiger partial charge in [0, 0.05) is 23.2 Å². The molecule has 160 valence electrons. The lowest BCUT2D eigenvalue weighted by Gasteiger charge is -2.34. The summed E-state index contributed by atoms with van der Waals surface area (Å²) in [6.45, 7) is 6.26. The van der Waals surface area contributed by atoms with Gasteiger partial charge in [-0.05, 0) is 42.7 Å². The van der Waals surface area contributed by atoms with Crippen LogP contribution >= 0.6 is 0 Å². The van der Waals surface area contributed by atoms with Crippen molar-refractivity contribution in [2.75, 3.05) is 12.3 Å². The number of carbonyl (C=O) groups excluding carboxylic acids is 2. The van der Waals surface area contributed by atoms with Crippen LogP contribution in [0.5, 0.6) is 0 Å². The van der Waals surface area contributed by atoms with Crippen molar-refractivity contribution in [1.29, 1.82) is 0 Å². The van der Waals surface area contributed by atoms with Crippen molar-refractivity contribution >= 4 is 21.7 Å². The van der Waals surface area contributed by atoms with Gasteiger partial charge in [0.25, 0.3) is 10.1 Å². The van der Waals surface area contributed by atoms with Gasteiger partial charge >= 0.3 is 0 Å². The minimum atomic E-state index is -4.06. The van der Waals surface area contributed by atoms with Crippen LogP contribution in [0.25, 0.3) is 11.3 Å². The fraction of sp³-hybridized carbons (Fsp3) is 0.455. The third kappa shape index (κ3) is 3.42. The van der Waals surface area contributed by atoms with E-state index < -0.39 is 27.4 Å². The number of carbonyl (C=O) groups is 2. The minimum Gasteiger partial charge on any atom is -0.459 e. The van der Waals surface area contributed by atoms with Crippen LogP contribution in [0, 0.1) is 6.92 Å². The molecule has 30 heavy (non-hydrogen) atoms. The second-order valence-corrected chi connectivity index (χ2v) is 10.3. The molecule has 0 saturated heterocycles. The zero-order chi connectivity index (χ0) is 21.8. The molecule has 0 saturated carbocycles. The van der Waals surface area contributed by atoms with E-state index in [9.17, 15) is 18.0 Å². The molecular weight excluding hydrogens is 406 g/mol. The SMILES string of the molecule is Cc1c(CNCCS(=O)(=O)O)oc2c1C(=O)C(=O)c1c-2ccc2c1CCCC2(C)C. The highest BCUT2D eigenvalue weighted by atomic mass is 32.2. The molecule has 2 aliphatic carbocycles. The lowest BCUT2D eigenvalue weighted by molar-refractivity contribution is 0.0813. The standard InChI is InChI=1S/C22H25NO6S/c1-12-16(11-23-9-10-30(26,27)28)29-21-14-6-7-15-13(5-4-8-22(15,2)3)18(14)20(25)19(24)17(12)21/h6-7,23H,4-5,8-11H2,1-3H3,(H,26,27,28). The van der Waals surface area contributed by atoms with Gasteiger partial charge < -0.3 is 9.73 Å². The van der Waals surface area contributed by atoms with Crippen LogP contribution in [-0.4, -0.2) is 36.8 Å². The van der Waals surface area contributed by atoms with E-state index in [2.05, 4.69) is 19.2 Å². The number of furan rings is 1. The second kappa shape index (κ2) is 7.14.